The number of amides is 1. The van der Waals surface area contributed by atoms with Gasteiger partial charge in [0.2, 0.25) is 11.7 Å². The molecule has 0 fully saturated rings. The molecule has 0 saturated heterocycles. The molecule has 0 radical (unpaired) electrons. The van der Waals surface area contributed by atoms with Crippen molar-refractivity contribution in [2.75, 3.05) is 5.75 Å². The molecule has 5 nitrogen and oxygen atoms in total. The number of furan rings is 1. The van der Waals surface area contributed by atoms with E-state index in [0.717, 1.165) is 16.2 Å². The second kappa shape index (κ2) is 5.65. The Bertz CT molecular complexity index is 694. The fourth-order valence-electron chi connectivity index (χ4n) is 2.26. The number of aromatic carboxylic acids is 1. The number of carboxylic acids is 1. The highest BCUT2D eigenvalue weighted by Gasteiger charge is 2.28. The first-order valence-electron chi connectivity index (χ1n) is 6.46. The minimum atomic E-state index is -1.12. The highest BCUT2D eigenvalue weighted by atomic mass is 32.2. The maximum atomic E-state index is 12.2. The van der Waals surface area contributed by atoms with Crippen molar-refractivity contribution < 1.29 is 19.1 Å². The van der Waals surface area contributed by atoms with Crippen LogP contribution >= 0.6 is 11.8 Å². The Labute approximate surface area is 125 Å². The predicted molar refractivity (Wildman–Crippen MR) is 77.4 cm³/mol. The molecule has 3 rings (SSSR count). The lowest BCUT2D eigenvalue weighted by atomic mass is 10.0. The van der Waals surface area contributed by atoms with Gasteiger partial charge in [-0.1, -0.05) is 18.2 Å². The summed E-state index contributed by atoms with van der Waals surface area (Å²) >= 11 is 1.67. The van der Waals surface area contributed by atoms with Crippen LogP contribution in [0.2, 0.25) is 0 Å². The lowest BCUT2D eigenvalue weighted by molar-refractivity contribution is -0.122. The number of fused-ring (bicyclic) bond motifs is 1. The van der Waals surface area contributed by atoms with Gasteiger partial charge in [-0.15, -0.1) is 11.8 Å². The summed E-state index contributed by atoms with van der Waals surface area (Å²) in [6.07, 6.45) is 0. The molecule has 2 N–H and O–H groups in total. The van der Waals surface area contributed by atoms with Crippen molar-refractivity contribution in [3.63, 3.8) is 0 Å². The summed E-state index contributed by atoms with van der Waals surface area (Å²) in [5.41, 5.74) is 1.05. The van der Waals surface area contributed by atoms with Gasteiger partial charge in [0.15, 0.2) is 0 Å². The lowest BCUT2D eigenvalue weighted by Gasteiger charge is -2.10. The highest BCUT2D eigenvalue weighted by molar-refractivity contribution is 7.99. The van der Waals surface area contributed by atoms with Gasteiger partial charge in [0.25, 0.3) is 0 Å². The third kappa shape index (κ3) is 2.80. The fraction of sp³-hybridized carbons (Fsp3) is 0.200. The normalized spacial score (nSPS) is 16.5. The number of hydrogen-bond donors (Lipinski definition) is 2. The zero-order valence-corrected chi connectivity index (χ0v) is 11.9. The molecule has 0 unspecified atom stereocenters. The van der Waals surface area contributed by atoms with Crippen molar-refractivity contribution in [1.82, 2.24) is 5.32 Å². The molecular formula is C15H13NO4S. The van der Waals surface area contributed by atoms with Gasteiger partial charge in [-0.25, -0.2) is 4.79 Å². The van der Waals surface area contributed by atoms with Crippen molar-refractivity contribution in [2.45, 2.75) is 17.4 Å². The first-order chi connectivity index (χ1) is 10.1. The third-order valence-corrected chi connectivity index (χ3v) is 4.51. The Morgan fingerprint density at radius 3 is 2.86 bits per heavy atom. The Balaban J connectivity index is 1.63. The summed E-state index contributed by atoms with van der Waals surface area (Å²) in [6, 6.07) is 10.8. The average Bonchev–Trinajstić information content (AvgIpc) is 3.11. The molecule has 0 saturated carbocycles. The Hall–Kier alpha value is -2.21. The molecule has 0 spiro atoms. The summed E-state index contributed by atoms with van der Waals surface area (Å²) < 4.78 is 5.11. The van der Waals surface area contributed by atoms with Crippen LogP contribution in [0, 0.1) is 0 Å². The number of nitrogens with one attached hydrogen (secondary N) is 1. The quantitative estimate of drug-likeness (QED) is 0.907. The van der Waals surface area contributed by atoms with Gasteiger partial charge < -0.3 is 14.8 Å². The van der Waals surface area contributed by atoms with Gasteiger partial charge in [-0.2, -0.15) is 0 Å². The number of carbonyl (C=O) groups is 2. The predicted octanol–water partition coefficient (Wildman–Crippen LogP) is 2.48. The third-order valence-electron chi connectivity index (χ3n) is 3.33. The lowest BCUT2D eigenvalue weighted by Crippen LogP contribution is -2.28. The van der Waals surface area contributed by atoms with Gasteiger partial charge in [0, 0.05) is 10.6 Å². The number of carboxylic acid groups (broad SMARTS) is 1. The number of rotatable bonds is 4. The molecular weight excluding hydrogens is 290 g/mol. The van der Waals surface area contributed by atoms with Crippen LogP contribution in [0.1, 0.15) is 27.8 Å². The number of thioether (sulfide) groups is 1. The smallest absolute Gasteiger partial charge is 0.371 e. The van der Waals surface area contributed by atoms with Crippen molar-refractivity contribution in [3.8, 4) is 0 Å². The molecule has 1 amide bonds. The Morgan fingerprint density at radius 1 is 1.29 bits per heavy atom. The molecule has 1 aromatic heterocycles. The fourth-order valence-corrected chi connectivity index (χ4v) is 3.49. The van der Waals surface area contributed by atoms with E-state index in [-0.39, 0.29) is 24.1 Å². The second-order valence-corrected chi connectivity index (χ2v) is 5.75. The van der Waals surface area contributed by atoms with Gasteiger partial charge in [0.1, 0.15) is 5.76 Å². The maximum Gasteiger partial charge on any atom is 0.371 e. The van der Waals surface area contributed by atoms with Gasteiger partial charge in [-0.05, 0) is 23.8 Å². The van der Waals surface area contributed by atoms with Gasteiger partial charge >= 0.3 is 5.97 Å². The molecule has 1 atom stereocenters. The molecule has 0 bridgehead atoms. The van der Waals surface area contributed by atoms with E-state index in [4.69, 9.17) is 9.52 Å². The van der Waals surface area contributed by atoms with Gasteiger partial charge in [-0.3, -0.25) is 4.79 Å². The zero-order valence-electron chi connectivity index (χ0n) is 11.0. The second-order valence-electron chi connectivity index (χ2n) is 4.69. The van der Waals surface area contributed by atoms with E-state index >= 15 is 0 Å². The van der Waals surface area contributed by atoms with Crippen LogP contribution in [0.25, 0.3) is 0 Å². The zero-order chi connectivity index (χ0) is 14.8. The van der Waals surface area contributed by atoms with E-state index in [1.807, 2.05) is 24.3 Å². The van der Waals surface area contributed by atoms with Crippen LogP contribution in [0.15, 0.2) is 45.7 Å². The minimum absolute atomic E-state index is 0.0688. The summed E-state index contributed by atoms with van der Waals surface area (Å²) in [5, 5.41) is 11.6. The van der Waals surface area contributed by atoms with E-state index in [1.54, 1.807) is 17.8 Å². The molecule has 2 aromatic rings. The monoisotopic (exact) mass is 303 g/mol. The maximum absolute atomic E-state index is 12.2. The molecule has 6 heteroatoms. The molecule has 1 aliphatic heterocycles. The van der Waals surface area contributed by atoms with Crippen LogP contribution in [0.5, 0.6) is 0 Å². The van der Waals surface area contributed by atoms with Crippen LogP contribution in [0.4, 0.5) is 0 Å². The van der Waals surface area contributed by atoms with Crippen molar-refractivity contribution in [3.05, 3.63) is 53.5 Å². The standard InChI is InChI=1S/C15H13NO4S/c17-14(11-8-21-13-4-2-1-3-10(11)13)16-7-9-5-6-12(20-9)15(18)19/h1-6,11H,7-8H2,(H,16,17)(H,18,19)/t11-/m0/s1. The van der Waals surface area contributed by atoms with Gasteiger partial charge in [0.05, 0.1) is 12.5 Å². The molecule has 1 aliphatic rings. The number of carbonyl (C=O) groups excluding carboxylic acids is 1. The summed E-state index contributed by atoms with van der Waals surface area (Å²) in [4.78, 5) is 24.1. The topological polar surface area (TPSA) is 79.5 Å². The largest absolute Gasteiger partial charge is 0.475 e. The van der Waals surface area contributed by atoms with E-state index in [1.165, 1.54) is 6.07 Å². The summed E-state index contributed by atoms with van der Waals surface area (Å²) in [6.45, 7) is 0.190. The first kappa shape index (κ1) is 13.8. The first-order valence-corrected chi connectivity index (χ1v) is 7.45. The SMILES string of the molecule is O=C(O)c1ccc(CNC(=O)[C@H]2CSc3ccccc32)o1. The van der Waals surface area contributed by atoms with Crippen LogP contribution in [-0.4, -0.2) is 22.7 Å². The summed E-state index contributed by atoms with van der Waals surface area (Å²) in [7, 11) is 0. The molecule has 0 aliphatic carbocycles. The van der Waals surface area contributed by atoms with Crippen LogP contribution < -0.4 is 5.32 Å². The molecule has 21 heavy (non-hydrogen) atoms. The molecule has 108 valence electrons. The highest BCUT2D eigenvalue weighted by Crippen LogP contribution is 2.39. The van der Waals surface area contributed by atoms with Crippen molar-refractivity contribution in [2.24, 2.45) is 0 Å². The Morgan fingerprint density at radius 2 is 2.10 bits per heavy atom. The van der Waals surface area contributed by atoms with Crippen molar-refractivity contribution >= 4 is 23.6 Å². The number of hydrogen-bond acceptors (Lipinski definition) is 4. The van der Waals surface area contributed by atoms with E-state index < -0.39 is 5.97 Å². The Kier molecular flexibility index (Phi) is 3.70. The molecule has 1 aromatic carbocycles. The van der Waals surface area contributed by atoms with Crippen LogP contribution in [-0.2, 0) is 11.3 Å². The van der Waals surface area contributed by atoms with E-state index in [0.29, 0.717) is 5.76 Å². The molecule has 2 heterocycles. The number of benzene rings is 1. The van der Waals surface area contributed by atoms with Crippen molar-refractivity contribution in [1.29, 1.82) is 0 Å². The van der Waals surface area contributed by atoms with E-state index in [9.17, 15) is 9.59 Å². The summed E-state index contributed by atoms with van der Waals surface area (Å²) in [5.74, 6) is -0.320. The van der Waals surface area contributed by atoms with Crippen LogP contribution in [0.3, 0.4) is 0 Å². The van der Waals surface area contributed by atoms with E-state index in [2.05, 4.69) is 5.32 Å². The minimum Gasteiger partial charge on any atom is -0.475 e. The average molecular weight is 303 g/mol.